The average Bonchev–Trinajstić information content (AvgIpc) is 2.23. The third-order valence-corrected chi connectivity index (χ3v) is 4.37. The number of hydrogen-bond donors (Lipinski definition) is 0. The molecule has 0 aliphatic carbocycles. The van der Waals surface area contributed by atoms with Gasteiger partial charge in [0.1, 0.15) is 0 Å². The second-order valence-electron chi connectivity index (χ2n) is 3.91. The highest BCUT2D eigenvalue weighted by Crippen LogP contribution is 2.36. The van der Waals surface area contributed by atoms with Crippen LogP contribution in [0.2, 0.25) is 0 Å². The molecule has 2 unspecified atom stereocenters. The quantitative estimate of drug-likeness (QED) is 0.616. The minimum atomic E-state index is -2.93. The summed E-state index contributed by atoms with van der Waals surface area (Å²) in [7, 11) is -2.93. The number of fused-ring (bicyclic) bond motifs is 2. The lowest BCUT2D eigenvalue weighted by Crippen LogP contribution is -2.43. The lowest BCUT2D eigenvalue weighted by atomic mass is 10.1. The van der Waals surface area contributed by atoms with Gasteiger partial charge in [0.05, 0.1) is 6.26 Å². The Morgan fingerprint density at radius 3 is 1.92 bits per heavy atom. The number of sulfonamides is 1. The molecule has 0 aromatic carbocycles. The normalized spacial score (nSPS) is 37.1. The third kappa shape index (κ3) is 1.27. The Morgan fingerprint density at radius 2 is 1.58 bits per heavy atom. The fraction of sp³-hybridized carbons (Fsp3) is 1.00. The van der Waals surface area contributed by atoms with Gasteiger partial charge in [-0.1, -0.05) is 6.42 Å². The Hall–Kier alpha value is -0.0900. The Bertz CT molecular complexity index is 257. The van der Waals surface area contributed by atoms with Crippen LogP contribution in [0.15, 0.2) is 0 Å². The van der Waals surface area contributed by atoms with Crippen molar-refractivity contribution in [2.24, 2.45) is 0 Å². The second kappa shape index (κ2) is 2.70. The summed E-state index contributed by atoms with van der Waals surface area (Å²) in [6, 6.07) is 0.664. The predicted molar refractivity (Wildman–Crippen MR) is 47.3 cm³/mol. The second-order valence-corrected chi connectivity index (χ2v) is 5.80. The molecule has 2 heterocycles. The van der Waals surface area contributed by atoms with Gasteiger partial charge in [0.15, 0.2) is 0 Å². The molecule has 3 nitrogen and oxygen atoms in total. The lowest BCUT2D eigenvalue weighted by Gasteiger charge is -2.32. The van der Waals surface area contributed by atoms with Crippen LogP contribution in [0.3, 0.4) is 0 Å². The minimum absolute atomic E-state index is 0.332. The number of piperidine rings is 1. The molecule has 2 rings (SSSR count). The van der Waals surface area contributed by atoms with E-state index in [9.17, 15) is 8.42 Å². The maximum Gasteiger partial charge on any atom is 0.211 e. The summed E-state index contributed by atoms with van der Waals surface area (Å²) < 4.78 is 24.5. The highest BCUT2D eigenvalue weighted by Gasteiger charge is 2.41. The van der Waals surface area contributed by atoms with Gasteiger partial charge in [-0.15, -0.1) is 0 Å². The zero-order valence-electron chi connectivity index (χ0n) is 7.36. The third-order valence-electron chi connectivity index (χ3n) is 3.01. The van der Waals surface area contributed by atoms with Gasteiger partial charge in [0.2, 0.25) is 10.0 Å². The van der Waals surface area contributed by atoms with Crippen molar-refractivity contribution < 1.29 is 8.42 Å². The summed E-state index contributed by atoms with van der Waals surface area (Å²) in [5.74, 6) is 0. The first-order valence-electron chi connectivity index (χ1n) is 4.57. The van der Waals surface area contributed by atoms with Crippen molar-refractivity contribution in [2.75, 3.05) is 6.26 Å². The SMILES string of the molecule is CS(=O)(=O)N1C2CCCC1CC2. The fourth-order valence-corrected chi connectivity index (χ4v) is 4.12. The summed E-state index contributed by atoms with van der Waals surface area (Å²) in [5, 5.41) is 0. The van der Waals surface area contributed by atoms with Crippen molar-refractivity contribution in [1.29, 1.82) is 0 Å². The molecule has 4 heteroatoms. The molecular weight excluding hydrogens is 174 g/mol. The van der Waals surface area contributed by atoms with E-state index < -0.39 is 10.0 Å². The fourth-order valence-electron chi connectivity index (χ4n) is 2.61. The van der Waals surface area contributed by atoms with Gasteiger partial charge in [-0.3, -0.25) is 0 Å². The van der Waals surface area contributed by atoms with E-state index in [4.69, 9.17) is 0 Å². The van der Waals surface area contributed by atoms with E-state index in [1.54, 1.807) is 4.31 Å². The van der Waals surface area contributed by atoms with Crippen molar-refractivity contribution in [3.05, 3.63) is 0 Å². The van der Waals surface area contributed by atoms with E-state index in [0.29, 0.717) is 12.1 Å². The topological polar surface area (TPSA) is 37.4 Å². The van der Waals surface area contributed by atoms with Crippen LogP contribution in [0.5, 0.6) is 0 Å². The van der Waals surface area contributed by atoms with Gasteiger partial charge in [-0.25, -0.2) is 8.42 Å². The largest absolute Gasteiger partial charge is 0.212 e. The van der Waals surface area contributed by atoms with Gasteiger partial charge >= 0.3 is 0 Å². The zero-order valence-corrected chi connectivity index (χ0v) is 8.18. The lowest BCUT2D eigenvalue weighted by molar-refractivity contribution is 0.249. The first kappa shape index (κ1) is 8.51. The molecule has 2 atom stereocenters. The van der Waals surface area contributed by atoms with Crippen molar-refractivity contribution >= 4 is 10.0 Å². The summed E-state index contributed by atoms with van der Waals surface area (Å²) in [6.45, 7) is 0. The van der Waals surface area contributed by atoms with Crippen LogP contribution >= 0.6 is 0 Å². The van der Waals surface area contributed by atoms with Gasteiger partial charge in [-0.05, 0) is 25.7 Å². The molecule has 2 fully saturated rings. The summed E-state index contributed by atoms with van der Waals surface area (Å²) in [6.07, 6.45) is 6.85. The highest BCUT2D eigenvalue weighted by atomic mass is 32.2. The summed E-state index contributed by atoms with van der Waals surface area (Å²) >= 11 is 0. The van der Waals surface area contributed by atoms with E-state index in [1.165, 1.54) is 12.7 Å². The van der Waals surface area contributed by atoms with Gasteiger partial charge in [0, 0.05) is 12.1 Å². The molecule has 2 bridgehead atoms. The molecule has 0 aromatic rings. The van der Waals surface area contributed by atoms with Crippen LogP contribution in [0.1, 0.15) is 32.1 Å². The Balaban J connectivity index is 2.27. The standard InChI is InChI=1S/C8H15NO2S/c1-12(10,11)9-7-3-2-4-8(9)6-5-7/h7-8H,2-6H2,1H3. The molecule has 2 aliphatic heterocycles. The van der Waals surface area contributed by atoms with E-state index in [0.717, 1.165) is 25.7 Å². The number of rotatable bonds is 1. The van der Waals surface area contributed by atoms with E-state index in [-0.39, 0.29) is 0 Å². The molecule has 0 amide bonds. The molecule has 2 aliphatic rings. The van der Waals surface area contributed by atoms with Crippen LogP contribution in [0, 0.1) is 0 Å². The van der Waals surface area contributed by atoms with Crippen LogP contribution in [0.4, 0.5) is 0 Å². The molecule has 2 saturated heterocycles. The molecule has 12 heavy (non-hydrogen) atoms. The van der Waals surface area contributed by atoms with Crippen LogP contribution in [0.25, 0.3) is 0 Å². The molecular formula is C8H15NO2S. The molecule has 0 spiro atoms. The number of nitrogens with zero attached hydrogens (tertiary/aromatic N) is 1. The Labute approximate surface area is 73.8 Å². The van der Waals surface area contributed by atoms with Gasteiger partial charge in [0.25, 0.3) is 0 Å². The summed E-state index contributed by atoms with van der Waals surface area (Å²) in [5.41, 5.74) is 0. The van der Waals surface area contributed by atoms with E-state index in [1.807, 2.05) is 0 Å². The maximum atomic E-state index is 11.4. The summed E-state index contributed by atoms with van der Waals surface area (Å²) in [4.78, 5) is 0. The molecule has 0 saturated carbocycles. The molecule has 70 valence electrons. The van der Waals surface area contributed by atoms with Crippen molar-refractivity contribution in [2.45, 2.75) is 44.2 Å². The Kier molecular flexibility index (Phi) is 1.92. The van der Waals surface area contributed by atoms with Gasteiger partial charge in [-0.2, -0.15) is 4.31 Å². The van der Waals surface area contributed by atoms with E-state index >= 15 is 0 Å². The zero-order chi connectivity index (χ0) is 8.77. The first-order valence-corrected chi connectivity index (χ1v) is 6.42. The average molecular weight is 189 g/mol. The minimum Gasteiger partial charge on any atom is -0.212 e. The van der Waals surface area contributed by atoms with Crippen LogP contribution in [-0.4, -0.2) is 31.1 Å². The molecule has 0 radical (unpaired) electrons. The highest BCUT2D eigenvalue weighted by molar-refractivity contribution is 7.88. The molecule has 0 N–H and O–H groups in total. The monoisotopic (exact) mass is 189 g/mol. The Morgan fingerprint density at radius 1 is 1.08 bits per heavy atom. The first-order chi connectivity index (χ1) is 5.59. The van der Waals surface area contributed by atoms with Crippen LogP contribution in [-0.2, 0) is 10.0 Å². The van der Waals surface area contributed by atoms with E-state index in [2.05, 4.69) is 0 Å². The molecule has 0 aromatic heterocycles. The van der Waals surface area contributed by atoms with Crippen molar-refractivity contribution in [1.82, 2.24) is 4.31 Å². The maximum absolute atomic E-state index is 11.4. The van der Waals surface area contributed by atoms with Crippen molar-refractivity contribution in [3.63, 3.8) is 0 Å². The predicted octanol–water partition coefficient (Wildman–Crippen LogP) is 0.963. The number of hydrogen-bond acceptors (Lipinski definition) is 2. The smallest absolute Gasteiger partial charge is 0.211 e. The van der Waals surface area contributed by atoms with Crippen LogP contribution < -0.4 is 0 Å². The van der Waals surface area contributed by atoms with Gasteiger partial charge < -0.3 is 0 Å². The van der Waals surface area contributed by atoms with Crippen molar-refractivity contribution in [3.8, 4) is 0 Å².